The third-order valence-corrected chi connectivity index (χ3v) is 5.24. The Morgan fingerprint density at radius 1 is 1.07 bits per heavy atom. The van der Waals surface area contributed by atoms with Crippen molar-refractivity contribution < 1.29 is 29.2 Å². The van der Waals surface area contributed by atoms with Gasteiger partial charge in [0.1, 0.15) is 5.56 Å². The number of carbonyl (C=O) groups is 3. The van der Waals surface area contributed by atoms with Gasteiger partial charge >= 0.3 is 11.9 Å². The molecule has 0 saturated heterocycles. The van der Waals surface area contributed by atoms with Gasteiger partial charge < -0.3 is 9.84 Å². The van der Waals surface area contributed by atoms with Crippen molar-refractivity contribution in [1.29, 1.82) is 0 Å². The van der Waals surface area contributed by atoms with Gasteiger partial charge in [-0.1, -0.05) is 36.4 Å². The monoisotopic (exact) mass is 425 g/mol. The van der Waals surface area contributed by atoms with Crippen molar-refractivity contribution in [3.63, 3.8) is 0 Å². The second kappa shape index (κ2) is 8.66. The average molecular weight is 425 g/mol. The molecule has 3 rings (SSSR count). The SMILES string of the molecule is CCOC(=O)c1c(-c2ccccc2)csc1C(=O)c1cccc([N+](=O)[O-])c1C(=O)O. The summed E-state index contributed by atoms with van der Waals surface area (Å²) in [5, 5.41) is 22.3. The number of hydrogen-bond acceptors (Lipinski definition) is 7. The highest BCUT2D eigenvalue weighted by atomic mass is 32.1. The molecule has 0 saturated carbocycles. The Kier molecular flexibility index (Phi) is 6.03. The lowest BCUT2D eigenvalue weighted by molar-refractivity contribution is -0.385. The minimum atomic E-state index is -1.61. The molecule has 0 radical (unpaired) electrons. The molecule has 0 fully saturated rings. The first-order valence-electron chi connectivity index (χ1n) is 8.76. The van der Waals surface area contributed by atoms with Crippen LogP contribution in [-0.2, 0) is 4.74 Å². The molecular weight excluding hydrogens is 410 g/mol. The smallest absolute Gasteiger partial charge is 0.343 e. The molecule has 0 spiro atoms. The highest BCUT2D eigenvalue weighted by Crippen LogP contribution is 2.35. The number of ether oxygens (including phenoxy) is 1. The molecule has 2 aromatic carbocycles. The number of rotatable bonds is 7. The molecule has 1 aromatic heterocycles. The van der Waals surface area contributed by atoms with E-state index in [1.807, 2.05) is 0 Å². The van der Waals surface area contributed by atoms with Gasteiger partial charge in [0, 0.05) is 22.6 Å². The normalized spacial score (nSPS) is 10.4. The Hall–Kier alpha value is -3.85. The van der Waals surface area contributed by atoms with E-state index in [1.54, 1.807) is 42.6 Å². The van der Waals surface area contributed by atoms with Crippen LogP contribution in [0.25, 0.3) is 11.1 Å². The number of carboxylic acids is 1. The summed E-state index contributed by atoms with van der Waals surface area (Å²) in [6.07, 6.45) is 0. The third-order valence-electron chi connectivity index (χ3n) is 4.26. The van der Waals surface area contributed by atoms with Crippen LogP contribution in [0.1, 0.15) is 42.9 Å². The summed E-state index contributed by atoms with van der Waals surface area (Å²) in [4.78, 5) is 47.9. The molecule has 0 unspecified atom stereocenters. The summed E-state index contributed by atoms with van der Waals surface area (Å²) in [6, 6.07) is 12.3. The molecule has 0 aliphatic rings. The number of nitro benzene ring substituents is 1. The summed E-state index contributed by atoms with van der Waals surface area (Å²) in [7, 11) is 0. The number of aromatic carboxylic acids is 1. The lowest BCUT2D eigenvalue weighted by Crippen LogP contribution is -2.15. The number of ketones is 1. The lowest BCUT2D eigenvalue weighted by atomic mass is 9.96. The van der Waals surface area contributed by atoms with Crippen LogP contribution in [0.2, 0.25) is 0 Å². The second-order valence-electron chi connectivity index (χ2n) is 6.03. The molecule has 9 heteroatoms. The number of hydrogen-bond donors (Lipinski definition) is 1. The first-order valence-corrected chi connectivity index (χ1v) is 9.64. The first-order chi connectivity index (χ1) is 14.4. The molecule has 3 aromatic rings. The van der Waals surface area contributed by atoms with E-state index in [9.17, 15) is 29.6 Å². The first kappa shape index (κ1) is 20.9. The minimum absolute atomic E-state index is 0.000829. The van der Waals surface area contributed by atoms with Gasteiger partial charge in [-0.05, 0) is 18.6 Å². The van der Waals surface area contributed by atoms with Gasteiger partial charge in [0.25, 0.3) is 5.69 Å². The molecule has 0 aliphatic carbocycles. The third kappa shape index (κ3) is 3.83. The van der Waals surface area contributed by atoms with Crippen molar-refractivity contribution in [1.82, 2.24) is 0 Å². The van der Waals surface area contributed by atoms with Crippen molar-refractivity contribution in [2.75, 3.05) is 6.61 Å². The van der Waals surface area contributed by atoms with E-state index < -0.39 is 33.9 Å². The van der Waals surface area contributed by atoms with Gasteiger partial charge in [0.2, 0.25) is 5.78 Å². The predicted octanol–water partition coefficient (Wildman–Crippen LogP) is 4.43. The van der Waals surface area contributed by atoms with Crippen LogP contribution >= 0.6 is 11.3 Å². The van der Waals surface area contributed by atoms with Crippen LogP contribution in [-0.4, -0.2) is 34.4 Å². The van der Waals surface area contributed by atoms with E-state index in [0.717, 1.165) is 17.4 Å². The summed E-state index contributed by atoms with van der Waals surface area (Å²) in [5.41, 5.74) is -0.662. The maximum atomic E-state index is 13.2. The minimum Gasteiger partial charge on any atom is -0.477 e. The molecule has 152 valence electrons. The van der Waals surface area contributed by atoms with Crippen LogP contribution < -0.4 is 0 Å². The fourth-order valence-corrected chi connectivity index (χ4v) is 4.01. The van der Waals surface area contributed by atoms with Crippen molar-refractivity contribution >= 4 is 34.7 Å². The number of benzene rings is 2. The van der Waals surface area contributed by atoms with Crippen LogP contribution in [0, 0.1) is 10.1 Å². The molecule has 0 aliphatic heterocycles. The van der Waals surface area contributed by atoms with E-state index in [1.165, 1.54) is 12.1 Å². The van der Waals surface area contributed by atoms with E-state index in [4.69, 9.17) is 4.74 Å². The standard InChI is InChI=1S/C21H15NO7S/c1-2-29-21(26)17-14(12-7-4-3-5-8-12)11-30-19(17)18(23)13-9-6-10-15(22(27)28)16(13)20(24)25/h3-11H,2H2,1H3,(H,24,25). The van der Waals surface area contributed by atoms with Crippen LogP contribution in [0.5, 0.6) is 0 Å². The molecule has 0 amide bonds. The molecule has 0 atom stereocenters. The summed E-state index contributed by atoms with van der Waals surface area (Å²) < 4.78 is 5.11. The molecular formula is C21H15NO7S. The highest BCUT2D eigenvalue weighted by Gasteiger charge is 2.32. The Morgan fingerprint density at radius 2 is 1.77 bits per heavy atom. The second-order valence-corrected chi connectivity index (χ2v) is 6.91. The maximum absolute atomic E-state index is 13.2. The van der Waals surface area contributed by atoms with E-state index >= 15 is 0 Å². The van der Waals surface area contributed by atoms with Crippen molar-refractivity contribution in [2.45, 2.75) is 6.92 Å². The van der Waals surface area contributed by atoms with Crippen molar-refractivity contribution in [3.8, 4) is 11.1 Å². The lowest BCUT2D eigenvalue weighted by Gasteiger charge is -2.09. The summed E-state index contributed by atoms with van der Waals surface area (Å²) >= 11 is 0.950. The maximum Gasteiger partial charge on any atom is 0.343 e. The zero-order valence-corrected chi connectivity index (χ0v) is 16.5. The van der Waals surface area contributed by atoms with Crippen molar-refractivity contribution in [3.05, 3.63) is 85.6 Å². The topological polar surface area (TPSA) is 124 Å². The average Bonchev–Trinajstić information content (AvgIpc) is 3.18. The highest BCUT2D eigenvalue weighted by molar-refractivity contribution is 7.13. The number of carboxylic acid groups (broad SMARTS) is 1. The van der Waals surface area contributed by atoms with Crippen LogP contribution in [0.4, 0.5) is 5.69 Å². The van der Waals surface area contributed by atoms with Crippen LogP contribution in [0.15, 0.2) is 53.9 Å². The van der Waals surface area contributed by atoms with Gasteiger partial charge in [-0.3, -0.25) is 14.9 Å². The van der Waals surface area contributed by atoms with Crippen LogP contribution in [0.3, 0.4) is 0 Å². The van der Waals surface area contributed by atoms with E-state index in [0.29, 0.717) is 11.1 Å². The van der Waals surface area contributed by atoms with E-state index in [2.05, 4.69) is 0 Å². The number of nitrogens with zero attached hydrogens (tertiary/aromatic N) is 1. The zero-order valence-electron chi connectivity index (χ0n) is 15.7. The Bertz CT molecular complexity index is 1150. The fourth-order valence-electron chi connectivity index (χ4n) is 2.99. The predicted molar refractivity (Wildman–Crippen MR) is 109 cm³/mol. The largest absolute Gasteiger partial charge is 0.477 e. The van der Waals surface area contributed by atoms with E-state index in [-0.39, 0.29) is 22.6 Å². The number of carbonyl (C=O) groups excluding carboxylic acids is 2. The zero-order chi connectivity index (χ0) is 21.8. The summed E-state index contributed by atoms with van der Waals surface area (Å²) in [5.74, 6) is -3.14. The Labute approximate surface area is 174 Å². The quantitative estimate of drug-likeness (QED) is 0.257. The fraction of sp³-hybridized carbons (Fsp3) is 0.0952. The van der Waals surface area contributed by atoms with Crippen molar-refractivity contribution in [2.24, 2.45) is 0 Å². The van der Waals surface area contributed by atoms with Gasteiger partial charge in [-0.2, -0.15) is 0 Å². The number of thiophene rings is 1. The molecule has 30 heavy (non-hydrogen) atoms. The van der Waals surface area contributed by atoms with Gasteiger partial charge in [0.05, 0.1) is 22.0 Å². The molecule has 1 N–H and O–H groups in total. The summed E-state index contributed by atoms with van der Waals surface area (Å²) in [6.45, 7) is 1.70. The van der Waals surface area contributed by atoms with Gasteiger partial charge in [0.15, 0.2) is 0 Å². The Morgan fingerprint density at radius 3 is 2.37 bits per heavy atom. The molecule has 8 nitrogen and oxygen atoms in total. The Balaban J connectivity index is 2.22. The number of esters is 1. The van der Waals surface area contributed by atoms with Gasteiger partial charge in [-0.15, -0.1) is 11.3 Å². The number of nitro groups is 1. The molecule has 0 bridgehead atoms. The molecule has 1 heterocycles. The van der Waals surface area contributed by atoms with Gasteiger partial charge in [-0.25, -0.2) is 9.59 Å².